The molecule has 1 aliphatic rings. The van der Waals surface area contributed by atoms with E-state index in [0.29, 0.717) is 18.7 Å². The average molecular weight is 544 g/mol. The van der Waals surface area contributed by atoms with Gasteiger partial charge in [-0.2, -0.15) is 0 Å². The number of nitrogens with zero attached hydrogens (tertiary/aromatic N) is 1. The van der Waals surface area contributed by atoms with Crippen LogP contribution in [0.25, 0.3) is 0 Å². The second-order valence-electron chi connectivity index (χ2n) is 10.6. The minimum atomic E-state index is -0.542. The van der Waals surface area contributed by atoms with Gasteiger partial charge in [0.05, 0.1) is 4.47 Å². The van der Waals surface area contributed by atoms with Gasteiger partial charge in [-0.05, 0) is 70.8 Å². The summed E-state index contributed by atoms with van der Waals surface area (Å²) in [5, 5.41) is 3.18. The molecule has 0 spiro atoms. The van der Waals surface area contributed by atoms with E-state index in [0.717, 1.165) is 41.3 Å². The third kappa shape index (κ3) is 7.57. The third-order valence-electron chi connectivity index (χ3n) is 6.71. The number of carbonyl (C=O) groups is 2. The van der Waals surface area contributed by atoms with E-state index >= 15 is 0 Å². The summed E-state index contributed by atoms with van der Waals surface area (Å²) in [6.45, 7) is 10.7. The van der Waals surface area contributed by atoms with Crippen molar-refractivity contribution in [2.24, 2.45) is 0 Å². The molecular formula is C29H39BrN2O3. The van der Waals surface area contributed by atoms with Gasteiger partial charge in [-0.3, -0.25) is 9.59 Å². The van der Waals surface area contributed by atoms with E-state index < -0.39 is 6.04 Å². The minimum absolute atomic E-state index is 0.0166. The van der Waals surface area contributed by atoms with Crippen LogP contribution in [-0.4, -0.2) is 35.4 Å². The van der Waals surface area contributed by atoms with Gasteiger partial charge in [0, 0.05) is 12.6 Å². The minimum Gasteiger partial charge on any atom is -0.483 e. The Hall–Kier alpha value is -2.34. The molecule has 0 aliphatic heterocycles. The second-order valence-corrected chi connectivity index (χ2v) is 11.5. The van der Waals surface area contributed by atoms with Gasteiger partial charge >= 0.3 is 0 Å². The van der Waals surface area contributed by atoms with Gasteiger partial charge < -0.3 is 15.0 Å². The molecule has 1 atom stereocenters. The predicted molar refractivity (Wildman–Crippen MR) is 145 cm³/mol. The van der Waals surface area contributed by atoms with Gasteiger partial charge in [0.1, 0.15) is 11.8 Å². The molecule has 2 aromatic rings. The highest BCUT2D eigenvalue weighted by Gasteiger charge is 2.31. The van der Waals surface area contributed by atoms with Crippen LogP contribution in [0.3, 0.4) is 0 Å². The number of aryl methyl sites for hydroxylation is 1. The van der Waals surface area contributed by atoms with E-state index in [4.69, 9.17) is 4.74 Å². The zero-order valence-corrected chi connectivity index (χ0v) is 23.3. The van der Waals surface area contributed by atoms with Crippen LogP contribution in [0.5, 0.6) is 5.75 Å². The molecule has 0 radical (unpaired) electrons. The quantitative estimate of drug-likeness (QED) is 0.404. The van der Waals surface area contributed by atoms with Crippen molar-refractivity contribution in [2.45, 2.75) is 90.8 Å². The number of amides is 2. The molecule has 0 aromatic heterocycles. The number of rotatable bonds is 9. The van der Waals surface area contributed by atoms with Gasteiger partial charge in [-0.1, -0.05) is 76.4 Å². The predicted octanol–water partition coefficient (Wildman–Crippen LogP) is 6.30. The van der Waals surface area contributed by atoms with Crippen molar-refractivity contribution >= 4 is 27.7 Å². The first-order valence-electron chi connectivity index (χ1n) is 12.7. The lowest BCUT2D eigenvalue weighted by atomic mass is 9.87. The van der Waals surface area contributed by atoms with E-state index in [1.807, 2.05) is 56.3 Å². The lowest BCUT2D eigenvalue weighted by molar-refractivity contribution is -0.143. The molecule has 5 nitrogen and oxygen atoms in total. The summed E-state index contributed by atoms with van der Waals surface area (Å²) in [7, 11) is 0. The van der Waals surface area contributed by atoms with Crippen molar-refractivity contribution in [1.82, 2.24) is 10.2 Å². The van der Waals surface area contributed by atoms with Crippen LogP contribution in [0, 0.1) is 6.92 Å². The SMILES string of the molecule is CC[C@H](C(=O)NC1CCCC1)N(Cc1ccc(C)cc1)C(=O)COc1ccc(C(C)(C)C)cc1Br. The third-order valence-corrected chi connectivity index (χ3v) is 7.33. The largest absolute Gasteiger partial charge is 0.483 e. The number of ether oxygens (including phenoxy) is 1. The number of halogens is 1. The van der Waals surface area contributed by atoms with Crippen LogP contribution in [-0.2, 0) is 21.5 Å². The van der Waals surface area contributed by atoms with Gasteiger partial charge in [0.15, 0.2) is 6.61 Å². The van der Waals surface area contributed by atoms with E-state index in [-0.39, 0.29) is 29.9 Å². The number of benzene rings is 2. The average Bonchev–Trinajstić information content (AvgIpc) is 3.31. The van der Waals surface area contributed by atoms with E-state index in [1.165, 1.54) is 5.56 Å². The fourth-order valence-corrected chi connectivity index (χ4v) is 4.98. The number of nitrogens with one attached hydrogen (secondary N) is 1. The molecule has 1 N–H and O–H groups in total. The first-order chi connectivity index (χ1) is 16.6. The summed E-state index contributed by atoms with van der Waals surface area (Å²) in [6.07, 6.45) is 4.85. The van der Waals surface area contributed by atoms with Crippen molar-refractivity contribution in [1.29, 1.82) is 0 Å². The molecular weight excluding hydrogens is 504 g/mol. The molecule has 0 heterocycles. The Labute approximate surface area is 218 Å². The van der Waals surface area contributed by atoms with Crippen molar-refractivity contribution < 1.29 is 14.3 Å². The Morgan fingerprint density at radius 3 is 2.34 bits per heavy atom. The number of carbonyl (C=O) groups excluding carboxylic acids is 2. The van der Waals surface area contributed by atoms with Crippen molar-refractivity contribution in [3.8, 4) is 5.75 Å². The Bertz CT molecular complexity index is 1010. The molecule has 1 saturated carbocycles. The summed E-state index contributed by atoms with van der Waals surface area (Å²) >= 11 is 3.59. The van der Waals surface area contributed by atoms with Gasteiger partial charge in [-0.15, -0.1) is 0 Å². The van der Waals surface area contributed by atoms with Crippen LogP contribution in [0.2, 0.25) is 0 Å². The molecule has 6 heteroatoms. The van der Waals surface area contributed by atoms with E-state index in [9.17, 15) is 9.59 Å². The molecule has 0 bridgehead atoms. The second kappa shape index (κ2) is 12.1. The molecule has 1 aliphatic carbocycles. The Kier molecular flexibility index (Phi) is 9.40. The molecule has 0 saturated heterocycles. The van der Waals surface area contributed by atoms with Crippen molar-refractivity contribution in [2.75, 3.05) is 6.61 Å². The molecule has 3 rings (SSSR count). The first kappa shape index (κ1) is 27.3. The fraction of sp³-hybridized carbons (Fsp3) is 0.517. The van der Waals surface area contributed by atoms with Crippen LogP contribution >= 0.6 is 15.9 Å². The van der Waals surface area contributed by atoms with Crippen LogP contribution in [0.4, 0.5) is 0 Å². The number of hydrogen-bond donors (Lipinski definition) is 1. The van der Waals surface area contributed by atoms with E-state index in [2.05, 4.69) is 42.0 Å². The Morgan fingerprint density at radius 2 is 1.77 bits per heavy atom. The molecule has 35 heavy (non-hydrogen) atoms. The summed E-state index contributed by atoms with van der Waals surface area (Å²) in [5.74, 6) is 0.339. The summed E-state index contributed by atoms with van der Waals surface area (Å²) < 4.78 is 6.76. The van der Waals surface area contributed by atoms with E-state index in [1.54, 1.807) is 4.90 Å². The maximum Gasteiger partial charge on any atom is 0.261 e. The summed E-state index contributed by atoms with van der Waals surface area (Å²) in [5.41, 5.74) is 3.35. The summed E-state index contributed by atoms with van der Waals surface area (Å²) in [4.78, 5) is 28.4. The van der Waals surface area contributed by atoms with Crippen LogP contribution in [0.15, 0.2) is 46.9 Å². The van der Waals surface area contributed by atoms with Crippen molar-refractivity contribution in [3.63, 3.8) is 0 Å². The lowest BCUT2D eigenvalue weighted by Gasteiger charge is -2.31. The van der Waals surface area contributed by atoms with Gasteiger partial charge in [0.25, 0.3) is 5.91 Å². The smallest absolute Gasteiger partial charge is 0.261 e. The highest BCUT2D eigenvalue weighted by Crippen LogP contribution is 2.31. The Morgan fingerprint density at radius 1 is 1.11 bits per heavy atom. The number of hydrogen-bond acceptors (Lipinski definition) is 3. The monoisotopic (exact) mass is 542 g/mol. The Balaban J connectivity index is 1.77. The molecule has 2 amide bonds. The summed E-state index contributed by atoms with van der Waals surface area (Å²) in [6, 6.07) is 13.7. The topological polar surface area (TPSA) is 58.6 Å². The molecule has 2 aromatic carbocycles. The standard InChI is InChI=1S/C29H39BrN2O3/c1-6-25(28(34)31-23-9-7-8-10-23)32(18-21-13-11-20(2)12-14-21)27(33)19-35-26-16-15-22(17-24(26)30)29(3,4)5/h11-17,23,25H,6-10,18-19H2,1-5H3,(H,31,34)/t25-/m1/s1. The lowest BCUT2D eigenvalue weighted by Crippen LogP contribution is -2.52. The maximum atomic E-state index is 13.5. The first-order valence-corrected chi connectivity index (χ1v) is 13.5. The van der Waals surface area contributed by atoms with Crippen LogP contribution in [0.1, 0.15) is 76.5 Å². The molecule has 190 valence electrons. The fourth-order valence-electron chi connectivity index (χ4n) is 4.48. The van der Waals surface area contributed by atoms with Gasteiger partial charge in [-0.25, -0.2) is 0 Å². The normalized spacial score (nSPS) is 15.0. The highest BCUT2D eigenvalue weighted by atomic mass is 79.9. The zero-order valence-electron chi connectivity index (χ0n) is 21.7. The molecule has 0 unspecified atom stereocenters. The van der Waals surface area contributed by atoms with Gasteiger partial charge in [0.2, 0.25) is 5.91 Å². The highest BCUT2D eigenvalue weighted by molar-refractivity contribution is 9.10. The molecule has 1 fully saturated rings. The van der Waals surface area contributed by atoms with Crippen molar-refractivity contribution in [3.05, 3.63) is 63.6 Å². The van der Waals surface area contributed by atoms with Crippen LogP contribution < -0.4 is 10.1 Å². The zero-order chi connectivity index (χ0) is 25.6. The maximum absolute atomic E-state index is 13.5.